The monoisotopic (exact) mass is 189 g/mol. The fraction of sp³-hybridized carbons (Fsp3) is 0.200. The number of carbonyl (C=O) groups excluding carboxylic acids is 1. The van der Waals surface area contributed by atoms with Gasteiger partial charge in [0, 0.05) is 18.1 Å². The Morgan fingerprint density at radius 2 is 2.21 bits per heavy atom. The maximum Gasteiger partial charge on any atom is 0.252 e. The molecule has 0 atom stereocenters. The van der Waals surface area contributed by atoms with Gasteiger partial charge in [0.1, 0.15) is 5.65 Å². The summed E-state index contributed by atoms with van der Waals surface area (Å²) in [5.74, 6) is -0.441. The quantitative estimate of drug-likeness (QED) is 0.728. The van der Waals surface area contributed by atoms with E-state index < -0.39 is 5.91 Å². The van der Waals surface area contributed by atoms with E-state index in [9.17, 15) is 4.79 Å². The van der Waals surface area contributed by atoms with Crippen LogP contribution >= 0.6 is 0 Å². The molecule has 2 rings (SSSR count). The second-order valence-corrected chi connectivity index (χ2v) is 3.33. The third-order valence-corrected chi connectivity index (χ3v) is 2.33. The molecule has 0 saturated heterocycles. The average molecular weight is 189 g/mol. The van der Waals surface area contributed by atoms with Gasteiger partial charge in [-0.15, -0.1) is 0 Å². The Hall–Kier alpha value is -1.84. The van der Waals surface area contributed by atoms with Crippen molar-refractivity contribution < 1.29 is 4.79 Å². The van der Waals surface area contributed by atoms with E-state index >= 15 is 0 Å². The van der Waals surface area contributed by atoms with E-state index in [1.807, 2.05) is 24.4 Å². The van der Waals surface area contributed by atoms with Crippen LogP contribution in [0.5, 0.6) is 0 Å². The lowest BCUT2D eigenvalue weighted by Gasteiger charge is -2.01. The van der Waals surface area contributed by atoms with Crippen LogP contribution in [0.3, 0.4) is 0 Å². The van der Waals surface area contributed by atoms with E-state index in [2.05, 4.69) is 4.98 Å². The van der Waals surface area contributed by atoms with Gasteiger partial charge < -0.3 is 10.1 Å². The summed E-state index contributed by atoms with van der Waals surface area (Å²) >= 11 is 0. The third kappa shape index (κ3) is 1.16. The molecule has 2 aromatic rings. The van der Waals surface area contributed by atoms with E-state index in [0.717, 1.165) is 11.3 Å². The molecule has 72 valence electrons. The zero-order valence-corrected chi connectivity index (χ0v) is 8.11. The lowest BCUT2D eigenvalue weighted by atomic mass is 10.2. The number of amides is 1. The fourth-order valence-corrected chi connectivity index (χ4v) is 1.40. The number of fused-ring (bicyclic) bond motifs is 1. The predicted octanol–water partition coefficient (Wildman–Crippen LogP) is 1.05. The van der Waals surface area contributed by atoms with Gasteiger partial charge in [0.25, 0.3) is 5.91 Å². The van der Waals surface area contributed by atoms with Crippen LogP contribution in [0.15, 0.2) is 18.5 Å². The second-order valence-electron chi connectivity index (χ2n) is 3.33. The summed E-state index contributed by atoms with van der Waals surface area (Å²) in [5, 5.41) is 0. The number of aryl methyl sites for hydroxylation is 2. The molecule has 4 nitrogen and oxygen atoms in total. The van der Waals surface area contributed by atoms with E-state index in [4.69, 9.17) is 5.73 Å². The minimum atomic E-state index is -0.441. The number of aromatic nitrogens is 2. The van der Waals surface area contributed by atoms with Crippen molar-refractivity contribution in [2.24, 2.45) is 5.73 Å². The van der Waals surface area contributed by atoms with Crippen molar-refractivity contribution in [3.63, 3.8) is 0 Å². The highest BCUT2D eigenvalue weighted by Gasteiger charge is 2.09. The molecule has 14 heavy (non-hydrogen) atoms. The van der Waals surface area contributed by atoms with Gasteiger partial charge in [0.2, 0.25) is 0 Å². The van der Waals surface area contributed by atoms with Crippen LogP contribution in [-0.4, -0.2) is 15.3 Å². The van der Waals surface area contributed by atoms with Gasteiger partial charge in [-0.3, -0.25) is 4.79 Å². The highest BCUT2D eigenvalue weighted by atomic mass is 16.1. The molecule has 1 amide bonds. The van der Waals surface area contributed by atoms with Crippen LogP contribution in [0.1, 0.15) is 21.6 Å². The van der Waals surface area contributed by atoms with E-state index in [1.165, 1.54) is 0 Å². The topological polar surface area (TPSA) is 60.4 Å². The van der Waals surface area contributed by atoms with E-state index in [-0.39, 0.29) is 0 Å². The van der Waals surface area contributed by atoms with Crippen molar-refractivity contribution >= 4 is 11.6 Å². The van der Waals surface area contributed by atoms with Crippen LogP contribution in [0.4, 0.5) is 0 Å². The molecule has 2 N–H and O–H groups in total. The van der Waals surface area contributed by atoms with Crippen LogP contribution in [-0.2, 0) is 0 Å². The molecule has 2 heterocycles. The first-order valence-electron chi connectivity index (χ1n) is 4.34. The highest BCUT2D eigenvalue weighted by molar-refractivity contribution is 5.98. The number of nitrogens with two attached hydrogens (primary N) is 1. The molecular weight excluding hydrogens is 178 g/mol. The summed E-state index contributed by atoms with van der Waals surface area (Å²) < 4.78 is 1.81. The number of hydrogen-bond acceptors (Lipinski definition) is 2. The molecule has 2 aromatic heterocycles. The van der Waals surface area contributed by atoms with Crippen molar-refractivity contribution in [2.75, 3.05) is 0 Å². The first-order valence-corrected chi connectivity index (χ1v) is 4.34. The van der Waals surface area contributed by atoms with Crippen molar-refractivity contribution in [2.45, 2.75) is 13.8 Å². The first-order chi connectivity index (χ1) is 6.59. The van der Waals surface area contributed by atoms with Gasteiger partial charge in [-0.05, 0) is 25.5 Å². The second kappa shape index (κ2) is 2.83. The number of primary amides is 1. The normalized spacial score (nSPS) is 10.7. The molecule has 4 heteroatoms. The van der Waals surface area contributed by atoms with Crippen molar-refractivity contribution in [3.05, 3.63) is 35.3 Å². The summed E-state index contributed by atoms with van der Waals surface area (Å²) in [5.41, 5.74) is 8.31. The Morgan fingerprint density at radius 1 is 1.50 bits per heavy atom. The average Bonchev–Trinajstić information content (AvgIpc) is 2.48. The van der Waals surface area contributed by atoms with Crippen molar-refractivity contribution in [3.8, 4) is 0 Å². The molecule has 0 fully saturated rings. The maximum atomic E-state index is 11.0. The zero-order valence-electron chi connectivity index (χ0n) is 8.11. The predicted molar refractivity (Wildman–Crippen MR) is 53.2 cm³/mol. The number of carbonyl (C=O) groups is 1. The first kappa shape index (κ1) is 8.74. The number of hydrogen-bond donors (Lipinski definition) is 1. The molecular formula is C10H11N3O. The lowest BCUT2D eigenvalue weighted by Crippen LogP contribution is -2.11. The molecule has 0 aliphatic heterocycles. The summed E-state index contributed by atoms with van der Waals surface area (Å²) in [7, 11) is 0. The van der Waals surface area contributed by atoms with Crippen LogP contribution in [0.25, 0.3) is 5.65 Å². The zero-order chi connectivity index (χ0) is 10.3. The Labute approximate surface area is 81.4 Å². The summed E-state index contributed by atoms with van der Waals surface area (Å²) in [6.07, 6.45) is 3.72. The Morgan fingerprint density at radius 3 is 2.86 bits per heavy atom. The van der Waals surface area contributed by atoms with Gasteiger partial charge >= 0.3 is 0 Å². The Kier molecular flexibility index (Phi) is 1.77. The molecule has 0 aliphatic carbocycles. The van der Waals surface area contributed by atoms with Gasteiger partial charge in [-0.2, -0.15) is 0 Å². The van der Waals surface area contributed by atoms with Crippen molar-refractivity contribution in [1.29, 1.82) is 0 Å². The minimum Gasteiger partial charge on any atom is -0.365 e. The molecule has 0 saturated carbocycles. The number of rotatable bonds is 1. The van der Waals surface area contributed by atoms with Gasteiger partial charge in [-0.1, -0.05) is 0 Å². The third-order valence-electron chi connectivity index (χ3n) is 2.33. The Bertz CT molecular complexity index is 513. The number of nitrogens with zero attached hydrogens (tertiary/aromatic N) is 2. The van der Waals surface area contributed by atoms with E-state index in [0.29, 0.717) is 11.2 Å². The van der Waals surface area contributed by atoms with Gasteiger partial charge in [0.15, 0.2) is 0 Å². The smallest absolute Gasteiger partial charge is 0.252 e. The molecule has 0 aliphatic rings. The van der Waals surface area contributed by atoms with Crippen LogP contribution in [0, 0.1) is 13.8 Å². The summed E-state index contributed by atoms with van der Waals surface area (Å²) in [4.78, 5) is 15.4. The maximum absolute atomic E-state index is 11.0. The highest BCUT2D eigenvalue weighted by Crippen LogP contribution is 2.12. The fourth-order valence-electron chi connectivity index (χ4n) is 1.40. The van der Waals surface area contributed by atoms with Gasteiger partial charge in [-0.25, -0.2) is 4.98 Å². The van der Waals surface area contributed by atoms with Crippen LogP contribution in [0.2, 0.25) is 0 Å². The molecule has 0 bridgehead atoms. The molecule has 0 spiro atoms. The van der Waals surface area contributed by atoms with Crippen molar-refractivity contribution in [1.82, 2.24) is 9.38 Å². The molecule has 0 radical (unpaired) electrons. The van der Waals surface area contributed by atoms with Gasteiger partial charge in [0.05, 0.1) is 5.56 Å². The minimum absolute atomic E-state index is 0.441. The summed E-state index contributed by atoms with van der Waals surface area (Å²) in [6, 6.07) is 1.68. The summed E-state index contributed by atoms with van der Waals surface area (Å²) in [6.45, 7) is 3.89. The van der Waals surface area contributed by atoms with E-state index in [1.54, 1.807) is 12.3 Å². The molecule has 0 aromatic carbocycles. The largest absolute Gasteiger partial charge is 0.365 e. The lowest BCUT2D eigenvalue weighted by molar-refractivity contribution is 0.100. The Balaban J connectivity index is 2.80. The van der Waals surface area contributed by atoms with Crippen LogP contribution < -0.4 is 5.73 Å². The molecule has 0 unspecified atom stereocenters. The SMILES string of the molecule is Cc1cn2ccc(C(N)=O)c2nc1C. The standard InChI is InChI=1S/C10H11N3O/c1-6-5-13-4-3-8(9(11)14)10(13)12-7(6)2/h3-5H,1-2H3,(H2,11,14).